The van der Waals surface area contributed by atoms with Crippen LogP contribution >= 0.6 is 0 Å². The summed E-state index contributed by atoms with van der Waals surface area (Å²) >= 11 is 0. The zero-order valence-corrected chi connectivity index (χ0v) is 9.95. The molecule has 15 heavy (non-hydrogen) atoms. The Morgan fingerprint density at radius 2 is 2.20 bits per heavy atom. The first kappa shape index (κ1) is 12.1. The van der Waals surface area contributed by atoms with Gasteiger partial charge in [-0.05, 0) is 58.2 Å². The van der Waals surface area contributed by atoms with Gasteiger partial charge in [0, 0.05) is 18.4 Å². The zero-order valence-electron chi connectivity index (χ0n) is 9.95. The van der Waals surface area contributed by atoms with Gasteiger partial charge in [-0.3, -0.25) is 4.98 Å². The smallest absolute Gasteiger partial charge is 0.0375 e. The second kappa shape index (κ2) is 6.53. The van der Waals surface area contributed by atoms with Crippen molar-refractivity contribution in [1.82, 2.24) is 15.2 Å². The SMILES string of the molecule is Cc1cc(CNCCCN(C)C)ccn1. The van der Waals surface area contributed by atoms with Crippen molar-refractivity contribution in [2.45, 2.75) is 19.9 Å². The van der Waals surface area contributed by atoms with Crippen molar-refractivity contribution < 1.29 is 0 Å². The topological polar surface area (TPSA) is 28.2 Å². The van der Waals surface area contributed by atoms with E-state index in [1.165, 1.54) is 12.0 Å². The molecule has 84 valence electrons. The van der Waals surface area contributed by atoms with Gasteiger partial charge in [0.1, 0.15) is 0 Å². The Kier molecular flexibility index (Phi) is 5.29. The van der Waals surface area contributed by atoms with Crippen molar-refractivity contribution in [3.05, 3.63) is 29.6 Å². The van der Waals surface area contributed by atoms with Crippen LogP contribution in [0.4, 0.5) is 0 Å². The average Bonchev–Trinajstić information content (AvgIpc) is 2.17. The monoisotopic (exact) mass is 207 g/mol. The van der Waals surface area contributed by atoms with E-state index in [0.717, 1.165) is 25.3 Å². The van der Waals surface area contributed by atoms with Crippen LogP contribution in [0.2, 0.25) is 0 Å². The molecule has 0 unspecified atom stereocenters. The van der Waals surface area contributed by atoms with Gasteiger partial charge in [-0.2, -0.15) is 0 Å². The van der Waals surface area contributed by atoms with Gasteiger partial charge in [-0.25, -0.2) is 0 Å². The highest BCUT2D eigenvalue weighted by Gasteiger charge is 1.94. The predicted molar refractivity (Wildman–Crippen MR) is 63.9 cm³/mol. The first-order valence-corrected chi connectivity index (χ1v) is 5.45. The summed E-state index contributed by atoms with van der Waals surface area (Å²) in [4.78, 5) is 6.38. The summed E-state index contributed by atoms with van der Waals surface area (Å²) in [5.41, 5.74) is 2.40. The van der Waals surface area contributed by atoms with Gasteiger partial charge in [0.15, 0.2) is 0 Å². The summed E-state index contributed by atoms with van der Waals surface area (Å²) < 4.78 is 0. The van der Waals surface area contributed by atoms with Gasteiger partial charge in [0.05, 0.1) is 0 Å². The third-order valence-electron chi connectivity index (χ3n) is 2.25. The standard InChI is InChI=1S/C12H21N3/c1-11-9-12(5-7-14-11)10-13-6-4-8-15(2)3/h5,7,9,13H,4,6,8,10H2,1-3H3. The Balaban J connectivity index is 2.15. The zero-order chi connectivity index (χ0) is 11.1. The predicted octanol–water partition coefficient (Wildman–Crippen LogP) is 1.43. The molecule has 0 saturated carbocycles. The molecule has 0 saturated heterocycles. The second-order valence-corrected chi connectivity index (χ2v) is 4.14. The minimum atomic E-state index is 0.941. The highest BCUT2D eigenvalue weighted by Crippen LogP contribution is 1.99. The molecule has 0 aliphatic rings. The van der Waals surface area contributed by atoms with Crippen molar-refractivity contribution in [1.29, 1.82) is 0 Å². The molecule has 1 N–H and O–H groups in total. The van der Waals surface area contributed by atoms with Crippen molar-refractivity contribution in [3.63, 3.8) is 0 Å². The highest BCUT2D eigenvalue weighted by molar-refractivity contribution is 5.14. The molecule has 1 aromatic heterocycles. The first-order valence-electron chi connectivity index (χ1n) is 5.45. The lowest BCUT2D eigenvalue weighted by Crippen LogP contribution is -2.21. The third-order valence-corrected chi connectivity index (χ3v) is 2.25. The molecule has 0 spiro atoms. The van der Waals surface area contributed by atoms with Crippen LogP contribution in [0, 0.1) is 6.92 Å². The average molecular weight is 207 g/mol. The minimum absolute atomic E-state index is 0.941. The van der Waals surface area contributed by atoms with Gasteiger partial charge in [-0.1, -0.05) is 0 Å². The number of hydrogen-bond acceptors (Lipinski definition) is 3. The van der Waals surface area contributed by atoms with E-state index in [9.17, 15) is 0 Å². The normalized spacial score (nSPS) is 10.9. The molecule has 3 heteroatoms. The van der Waals surface area contributed by atoms with Crippen LogP contribution in [0.1, 0.15) is 17.7 Å². The van der Waals surface area contributed by atoms with Gasteiger partial charge < -0.3 is 10.2 Å². The number of aromatic nitrogens is 1. The number of rotatable bonds is 6. The van der Waals surface area contributed by atoms with Gasteiger partial charge in [0.25, 0.3) is 0 Å². The van der Waals surface area contributed by atoms with E-state index >= 15 is 0 Å². The number of aryl methyl sites for hydroxylation is 1. The van der Waals surface area contributed by atoms with E-state index in [1.807, 2.05) is 13.1 Å². The lowest BCUT2D eigenvalue weighted by molar-refractivity contribution is 0.394. The minimum Gasteiger partial charge on any atom is -0.313 e. The van der Waals surface area contributed by atoms with Gasteiger partial charge >= 0.3 is 0 Å². The largest absolute Gasteiger partial charge is 0.313 e. The Morgan fingerprint density at radius 3 is 2.87 bits per heavy atom. The molecule has 0 aliphatic heterocycles. The third kappa shape index (κ3) is 5.50. The van der Waals surface area contributed by atoms with Crippen LogP contribution in [0.25, 0.3) is 0 Å². The number of nitrogens with zero attached hydrogens (tertiary/aromatic N) is 2. The molecule has 1 rings (SSSR count). The molecule has 0 radical (unpaired) electrons. The van der Waals surface area contributed by atoms with Crippen molar-refractivity contribution in [2.75, 3.05) is 27.2 Å². The van der Waals surface area contributed by atoms with Crippen LogP contribution in [-0.2, 0) is 6.54 Å². The van der Waals surface area contributed by atoms with Gasteiger partial charge in [0.2, 0.25) is 0 Å². The molecule has 0 aromatic carbocycles. The summed E-state index contributed by atoms with van der Waals surface area (Å²) in [5.74, 6) is 0. The molecular formula is C12H21N3. The van der Waals surface area contributed by atoms with Crippen molar-refractivity contribution in [2.24, 2.45) is 0 Å². The van der Waals surface area contributed by atoms with Crippen LogP contribution in [0.5, 0.6) is 0 Å². The molecule has 0 amide bonds. The van der Waals surface area contributed by atoms with Crippen LogP contribution < -0.4 is 5.32 Å². The summed E-state index contributed by atoms with van der Waals surface area (Å²) in [6, 6.07) is 4.19. The molecule has 3 nitrogen and oxygen atoms in total. The highest BCUT2D eigenvalue weighted by atomic mass is 15.0. The maximum Gasteiger partial charge on any atom is 0.0375 e. The van der Waals surface area contributed by atoms with E-state index < -0.39 is 0 Å². The summed E-state index contributed by atoms with van der Waals surface area (Å²) in [6.07, 6.45) is 3.06. The molecule has 0 bridgehead atoms. The maximum absolute atomic E-state index is 4.17. The number of hydrogen-bond donors (Lipinski definition) is 1. The molecule has 1 heterocycles. The second-order valence-electron chi connectivity index (χ2n) is 4.14. The molecule has 1 aromatic rings. The lowest BCUT2D eigenvalue weighted by Gasteiger charge is -2.09. The molecule has 0 aliphatic carbocycles. The molecule has 0 atom stereocenters. The lowest BCUT2D eigenvalue weighted by atomic mass is 10.2. The van der Waals surface area contributed by atoms with E-state index in [1.54, 1.807) is 0 Å². The van der Waals surface area contributed by atoms with Crippen molar-refractivity contribution in [3.8, 4) is 0 Å². The van der Waals surface area contributed by atoms with Crippen LogP contribution in [0.3, 0.4) is 0 Å². The molecular weight excluding hydrogens is 186 g/mol. The van der Waals surface area contributed by atoms with Gasteiger partial charge in [-0.15, -0.1) is 0 Å². The van der Waals surface area contributed by atoms with E-state index in [2.05, 4.69) is 41.4 Å². The Morgan fingerprint density at radius 1 is 1.40 bits per heavy atom. The fourth-order valence-electron chi connectivity index (χ4n) is 1.47. The van der Waals surface area contributed by atoms with E-state index in [0.29, 0.717) is 0 Å². The number of nitrogens with one attached hydrogen (secondary N) is 1. The number of pyridine rings is 1. The summed E-state index contributed by atoms with van der Waals surface area (Å²) in [6.45, 7) is 5.17. The summed E-state index contributed by atoms with van der Waals surface area (Å²) in [5, 5.41) is 3.43. The first-order chi connectivity index (χ1) is 7.18. The Labute approximate surface area is 92.5 Å². The quantitative estimate of drug-likeness (QED) is 0.715. The fourth-order valence-corrected chi connectivity index (χ4v) is 1.47. The summed E-state index contributed by atoms with van der Waals surface area (Å²) in [7, 11) is 4.21. The van der Waals surface area contributed by atoms with E-state index in [4.69, 9.17) is 0 Å². The van der Waals surface area contributed by atoms with E-state index in [-0.39, 0.29) is 0 Å². The maximum atomic E-state index is 4.17. The van der Waals surface area contributed by atoms with Crippen LogP contribution in [0.15, 0.2) is 18.3 Å². The van der Waals surface area contributed by atoms with Crippen molar-refractivity contribution >= 4 is 0 Å². The molecule has 0 fully saturated rings. The van der Waals surface area contributed by atoms with Crippen LogP contribution in [-0.4, -0.2) is 37.1 Å². The Bertz CT molecular complexity index is 284. The Hall–Kier alpha value is -0.930. The fraction of sp³-hybridized carbons (Fsp3) is 0.583.